The lowest BCUT2D eigenvalue weighted by Crippen LogP contribution is -2.53. The lowest BCUT2D eigenvalue weighted by molar-refractivity contribution is -0.0627. The fourth-order valence-electron chi connectivity index (χ4n) is 4.22. The van der Waals surface area contributed by atoms with Crippen LogP contribution in [0.5, 0.6) is 0 Å². The zero-order chi connectivity index (χ0) is 14.6. The Morgan fingerprint density at radius 2 is 1.95 bits per heavy atom. The summed E-state index contributed by atoms with van der Waals surface area (Å²) in [5.41, 5.74) is 0.564. The summed E-state index contributed by atoms with van der Waals surface area (Å²) in [5, 5.41) is 3.46. The van der Waals surface area contributed by atoms with E-state index in [4.69, 9.17) is 4.74 Å². The van der Waals surface area contributed by atoms with Crippen LogP contribution < -0.4 is 5.32 Å². The predicted octanol–water partition coefficient (Wildman–Crippen LogP) is 2.90. The second-order valence-electron chi connectivity index (χ2n) is 7.68. The number of likely N-dealkylation sites (tertiary alicyclic amines) is 1. The van der Waals surface area contributed by atoms with Crippen molar-refractivity contribution in [2.75, 3.05) is 40.3 Å². The second kappa shape index (κ2) is 6.76. The average molecular weight is 282 g/mol. The van der Waals surface area contributed by atoms with E-state index >= 15 is 0 Å². The smallest absolute Gasteiger partial charge is 0.0777 e. The Morgan fingerprint density at radius 1 is 1.25 bits per heavy atom. The summed E-state index contributed by atoms with van der Waals surface area (Å²) in [5.74, 6) is 0.922. The molecule has 1 aliphatic heterocycles. The summed E-state index contributed by atoms with van der Waals surface area (Å²) in [7, 11) is 3.98. The monoisotopic (exact) mass is 282 g/mol. The van der Waals surface area contributed by atoms with E-state index in [0.29, 0.717) is 5.41 Å². The van der Waals surface area contributed by atoms with Gasteiger partial charge < -0.3 is 10.1 Å². The minimum absolute atomic E-state index is 0.0705. The van der Waals surface area contributed by atoms with Crippen LogP contribution in [0, 0.1) is 11.3 Å². The highest BCUT2D eigenvalue weighted by molar-refractivity contribution is 4.92. The van der Waals surface area contributed by atoms with E-state index in [1.54, 1.807) is 0 Å². The van der Waals surface area contributed by atoms with E-state index in [9.17, 15) is 0 Å². The van der Waals surface area contributed by atoms with Crippen molar-refractivity contribution in [2.24, 2.45) is 11.3 Å². The number of rotatable bonds is 5. The third-order valence-corrected chi connectivity index (χ3v) is 5.68. The average Bonchev–Trinajstić information content (AvgIpc) is 2.43. The lowest BCUT2D eigenvalue weighted by atomic mass is 9.70. The van der Waals surface area contributed by atoms with Crippen LogP contribution >= 0.6 is 0 Å². The fraction of sp³-hybridized carbons (Fsp3) is 1.00. The van der Waals surface area contributed by atoms with Gasteiger partial charge in [-0.15, -0.1) is 0 Å². The Balaban J connectivity index is 1.97. The maximum absolute atomic E-state index is 5.75. The van der Waals surface area contributed by atoms with Gasteiger partial charge in [-0.05, 0) is 57.5 Å². The second-order valence-corrected chi connectivity index (χ2v) is 7.68. The predicted molar refractivity (Wildman–Crippen MR) is 85.1 cm³/mol. The van der Waals surface area contributed by atoms with Gasteiger partial charge in [0.15, 0.2) is 0 Å². The summed E-state index contributed by atoms with van der Waals surface area (Å²) in [6, 6.07) is 0. The zero-order valence-electron chi connectivity index (χ0n) is 14.0. The van der Waals surface area contributed by atoms with Crippen molar-refractivity contribution in [3.63, 3.8) is 0 Å². The summed E-state index contributed by atoms with van der Waals surface area (Å²) in [6.07, 6.45) is 8.05. The highest BCUT2D eigenvalue weighted by atomic mass is 16.5. The number of nitrogens with one attached hydrogen (secondary N) is 1. The summed E-state index contributed by atoms with van der Waals surface area (Å²) in [4.78, 5) is 2.67. The minimum Gasteiger partial charge on any atom is -0.377 e. The van der Waals surface area contributed by atoms with Crippen LogP contribution in [0.4, 0.5) is 0 Å². The molecule has 1 N–H and O–H groups in total. The quantitative estimate of drug-likeness (QED) is 0.839. The molecule has 1 saturated carbocycles. The molecule has 0 aromatic heterocycles. The van der Waals surface area contributed by atoms with Crippen LogP contribution in [0.25, 0.3) is 0 Å². The first-order chi connectivity index (χ1) is 9.51. The number of ether oxygens (including phenoxy) is 1. The molecule has 0 bridgehead atoms. The summed E-state index contributed by atoms with van der Waals surface area (Å²) in [6.45, 7) is 9.45. The zero-order valence-corrected chi connectivity index (χ0v) is 14.0. The van der Waals surface area contributed by atoms with Gasteiger partial charge in [0.2, 0.25) is 0 Å². The van der Waals surface area contributed by atoms with Gasteiger partial charge in [0, 0.05) is 26.7 Å². The number of hydrogen-bond donors (Lipinski definition) is 1. The molecule has 0 radical (unpaired) electrons. The number of piperidine rings is 1. The number of nitrogens with zero attached hydrogens (tertiary/aromatic N) is 1. The Morgan fingerprint density at radius 3 is 2.55 bits per heavy atom. The Labute approximate surface area is 125 Å². The van der Waals surface area contributed by atoms with Gasteiger partial charge in [-0.3, -0.25) is 4.90 Å². The topological polar surface area (TPSA) is 24.5 Å². The van der Waals surface area contributed by atoms with Crippen LogP contribution in [0.15, 0.2) is 0 Å². The summed E-state index contributed by atoms with van der Waals surface area (Å²) >= 11 is 0. The number of hydrogen-bond acceptors (Lipinski definition) is 3. The molecule has 1 aliphatic carbocycles. The molecule has 20 heavy (non-hydrogen) atoms. The molecule has 2 rings (SSSR count). The van der Waals surface area contributed by atoms with Crippen molar-refractivity contribution < 1.29 is 4.74 Å². The number of methoxy groups -OCH3 is 1. The summed E-state index contributed by atoms with van der Waals surface area (Å²) < 4.78 is 5.75. The molecule has 1 saturated heterocycles. The third kappa shape index (κ3) is 3.96. The van der Waals surface area contributed by atoms with Crippen LogP contribution in [0.2, 0.25) is 0 Å². The molecule has 3 nitrogen and oxygen atoms in total. The van der Waals surface area contributed by atoms with Crippen molar-refractivity contribution in [2.45, 2.75) is 58.0 Å². The standard InChI is InChI=1S/C17H34N2O/c1-15-6-9-17(10-7-15,12-18-3)14-19-11-5-8-16(2,13-19)20-4/h15,18H,5-14H2,1-4H3. The van der Waals surface area contributed by atoms with Crippen molar-refractivity contribution in [1.29, 1.82) is 0 Å². The van der Waals surface area contributed by atoms with Crippen LogP contribution in [-0.4, -0.2) is 50.8 Å². The van der Waals surface area contributed by atoms with E-state index in [0.717, 1.165) is 12.5 Å². The van der Waals surface area contributed by atoms with Crippen molar-refractivity contribution in [3.8, 4) is 0 Å². The van der Waals surface area contributed by atoms with Crippen LogP contribution in [0.1, 0.15) is 52.4 Å². The molecule has 2 fully saturated rings. The first-order valence-corrected chi connectivity index (χ1v) is 8.43. The van der Waals surface area contributed by atoms with E-state index < -0.39 is 0 Å². The third-order valence-electron chi connectivity index (χ3n) is 5.68. The molecule has 2 aliphatic rings. The van der Waals surface area contributed by atoms with Gasteiger partial charge in [-0.1, -0.05) is 19.8 Å². The molecule has 1 atom stereocenters. The maximum Gasteiger partial charge on any atom is 0.0777 e. The molecule has 118 valence electrons. The minimum atomic E-state index is 0.0705. The largest absolute Gasteiger partial charge is 0.377 e. The highest BCUT2D eigenvalue weighted by Crippen LogP contribution is 2.40. The van der Waals surface area contributed by atoms with E-state index in [1.165, 1.54) is 58.2 Å². The maximum atomic E-state index is 5.75. The van der Waals surface area contributed by atoms with E-state index in [1.807, 2.05) is 7.11 Å². The van der Waals surface area contributed by atoms with Gasteiger partial charge in [-0.2, -0.15) is 0 Å². The van der Waals surface area contributed by atoms with Gasteiger partial charge >= 0.3 is 0 Å². The Hall–Kier alpha value is -0.120. The van der Waals surface area contributed by atoms with Crippen molar-refractivity contribution in [3.05, 3.63) is 0 Å². The van der Waals surface area contributed by atoms with E-state index in [2.05, 4.69) is 31.1 Å². The molecule has 1 unspecified atom stereocenters. The normalized spacial score (nSPS) is 39.9. The Bertz CT molecular complexity index is 299. The molecule has 0 amide bonds. The molecule has 3 heteroatoms. The van der Waals surface area contributed by atoms with Crippen molar-refractivity contribution in [1.82, 2.24) is 10.2 Å². The lowest BCUT2D eigenvalue weighted by Gasteiger charge is -2.47. The SMILES string of the molecule is CNCC1(CN2CCCC(C)(OC)C2)CCC(C)CC1. The molecular weight excluding hydrogens is 248 g/mol. The highest BCUT2D eigenvalue weighted by Gasteiger charge is 2.38. The molecule has 0 spiro atoms. The molecule has 0 aromatic carbocycles. The Kier molecular flexibility index (Phi) is 5.49. The first-order valence-electron chi connectivity index (χ1n) is 8.43. The fourth-order valence-corrected chi connectivity index (χ4v) is 4.22. The van der Waals surface area contributed by atoms with Gasteiger partial charge in [0.05, 0.1) is 5.60 Å². The molecular formula is C17H34N2O. The molecule has 1 heterocycles. The van der Waals surface area contributed by atoms with Crippen LogP contribution in [-0.2, 0) is 4.74 Å². The first kappa shape index (κ1) is 16.3. The molecule has 0 aromatic rings. The van der Waals surface area contributed by atoms with Gasteiger partial charge in [-0.25, -0.2) is 0 Å². The van der Waals surface area contributed by atoms with Gasteiger partial charge in [0.1, 0.15) is 0 Å². The van der Waals surface area contributed by atoms with E-state index in [-0.39, 0.29) is 5.60 Å². The van der Waals surface area contributed by atoms with Crippen LogP contribution in [0.3, 0.4) is 0 Å². The van der Waals surface area contributed by atoms with Gasteiger partial charge in [0.25, 0.3) is 0 Å². The van der Waals surface area contributed by atoms with Crippen molar-refractivity contribution >= 4 is 0 Å².